The highest BCUT2D eigenvalue weighted by Gasteiger charge is 2.39. The molecule has 2 aromatic heterocycles. The summed E-state index contributed by atoms with van der Waals surface area (Å²) in [6.07, 6.45) is 7.59. The fourth-order valence-corrected chi connectivity index (χ4v) is 10.0. The first-order valence-corrected chi connectivity index (χ1v) is 19.7. The molecule has 4 aliphatic heterocycles. The van der Waals surface area contributed by atoms with Crippen molar-refractivity contribution in [1.29, 1.82) is 0 Å². The van der Waals surface area contributed by atoms with Gasteiger partial charge in [-0.05, 0) is 87.7 Å². The highest BCUT2D eigenvalue weighted by atomic mass is 35.5. The Morgan fingerprint density at radius 2 is 1.06 bits per heavy atom. The lowest BCUT2D eigenvalue weighted by molar-refractivity contribution is 0.0969. The molecule has 0 aliphatic carbocycles. The van der Waals surface area contributed by atoms with Gasteiger partial charge in [0.05, 0.1) is 35.7 Å². The standard InChI is InChI=1S/C42H50Cl2N6O2/c1-51-39-29(23-49-21-5-15-41(27-49)17-19-45-25-41)11-13-35(47-39)33-9-3-7-31(37(33)43)32-8-4-10-34(38(32)44)36-14-12-30(40(48-36)52-2)24-50-22-6-16-42(28-50)18-20-46-26-42/h3-4,7-14,45-46H,5-6,15-28H2,1-2H3. The van der Waals surface area contributed by atoms with E-state index in [-0.39, 0.29) is 0 Å². The van der Waals surface area contributed by atoms with E-state index >= 15 is 0 Å². The van der Waals surface area contributed by atoms with E-state index in [1.165, 1.54) is 38.5 Å². The minimum absolute atomic E-state index is 0.404. The molecule has 0 bridgehead atoms. The van der Waals surface area contributed by atoms with Crippen LogP contribution in [0.5, 0.6) is 11.8 Å². The van der Waals surface area contributed by atoms with E-state index in [1.54, 1.807) is 14.2 Å². The Kier molecular flexibility index (Phi) is 10.5. The monoisotopic (exact) mass is 740 g/mol. The van der Waals surface area contributed by atoms with Crippen molar-refractivity contribution in [2.24, 2.45) is 10.8 Å². The number of rotatable bonds is 9. The molecule has 0 saturated carbocycles. The molecule has 0 amide bonds. The van der Waals surface area contributed by atoms with Crippen LogP contribution in [0.25, 0.3) is 33.6 Å². The Balaban J connectivity index is 1.03. The number of likely N-dealkylation sites (tertiary alicyclic amines) is 2. The predicted octanol–water partition coefficient (Wildman–Crippen LogP) is 7.95. The van der Waals surface area contributed by atoms with Crippen LogP contribution in [0, 0.1) is 10.8 Å². The highest BCUT2D eigenvalue weighted by Crippen LogP contribution is 2.43. The van der Waals surface area contributed by atoms with Crippen LogP contribution >= 0.6 is 23.2 Å². The molecule has 2 atom stereocenters. The van der Waals surface area contributed by atoms with Crippen molar-refractivity contribution in [3.63, 3.8) is 0 Å². The predicted molar refractivity (Wildman–Crippen MR) is 210 cm³/mol. The van der Waals surface area contributed by atoms with E-state index < -0.39 is 0 Å². The zero-order valence-electron chi connectivity index (χ0n) is 30.4. The lowest BCUT2D eigenvalue weighted by Gasteiger charge is -2.40. The molecule has 8 rings (SSSR count). The lowest BCUT2D eigenvalue weighted by Crippen LogP contribution is -2.44. The number of hydrogen-bond donors (Lipinski definition) is 2. The van der Waals surface area contributed by atoms with Gasteiger partial charge in [0.2, 0.25) is 11.8 Å². The number of piperidine rings is 2. The van der Waals surface area contributed by atoms with E-state index in [2.05, 4.69) is 44.7 Å². The zero-order valence-corrected chi connectivity index (χ0v) is 32.0. The summed E-state index contributed by atoms with van der Waals surface area (Å²) in [7, 11) is 3.40. The Morgan fingerprint density at radius 3 is 1.46 bits per heavy atom. The SMILES string of the molecule is COc1nc(-c2cccc(-c3cccc(-c4ccc(CN5CCCC6(CCNC6)C5)c(OC)n4)c3Cl)c2Cl)ccc1CN1CCCC2(CCNC2)C1. The second-order valence-corrected chi connectivity index (χ2v) is 16.3. The normalized spacial score (nSPS) is 23.8. The number of benzene rings is 2. The van der Waals surface area contributed by atoms with E-state index in [0.29, 0.717) is 32.6 Å². The van der Waals surface area contributed by atoms with E-state index in [0.717, 1.165) is 110 Å². The summed E-state index contributed by atoms with van der Waals surface area (Å²) < 4.78 is 11.7. The minimum Gasteiger partial charge on any atom is -0.481 e. The van der Waals surface area contributed by atoms with Gasteiger partial charge < -0.3 is 20.1 Å². The van der Waals surface area contributed by atoms with Crippen molar-refractivity contribution in [2.75, 3.05) is 66.6 Å². The third-order valence-electron chi connectivity index (χ3n) is 12.0. The van der Waals surface area contributed by atoms with Crippen molar-refractivity contribution in [2.45, 2.75) is 51.6 Å². The molecule has 4 fully saturated rings. The van der Waals surface area contributed by atoms with Crippen LogP contribution in [0.4, 0.5) is 0 Å². The number of nitrogens with one attached hydrogen (secondary N) is 2. The average molecular weight is 742 g/mol. The molecule has 0 radical (unpaired) electrons. The number of nitrogens with zero attached hydrogens (tertiary/aromatic N) is 4. The Morgan fingerprint density at radius 1 is 0.615 bits per heavy atom. The van der Waals surface area contributed by atoms with E-state index in [1.807, 2.05) is 36.4 Å². The van der Waals surface area contributed by atoms with Crippen LogP contribution in [0.3, 0.4) is 0 Å². The van der Waals surface area contributed by atoms with Crippen LogP contribution in [-0.2, 0) is 13.1 Å². The maximum absolute atomic E-state index is 7.22. The second kappa shape index (κ2) is 15.2. The molecule has 8 nitrogen and oxygen atoms in total. The first-order valence-electron chi connectivity index (χ1n) is 18.9. The Labute approximate surface area is 318 Å². The third-order valence-corrected chi connectivity index (χ3v) is 12.9. The summed E-state index contributed by atoms with van der Waals surface area (Å²) in [5.41, 5.74) is 7.86. The zero-order chi connectivity index (χ0) is 35.7. The fraction of sp³-hybridized carbons (Fsp3) is 0.476. The van der Waals surface area contributed by atoms with Crippen LogP contribution in [-0.4, -0.2) is 86.3 Å². The summed E-state index contributed by atoms with van der Waals surface area (Å²) in [5.74, 6) is 1.28. The minimum atomic E-state index is 0.404. The first kappa shape index (κ1) is 35.8. The largest absolute Gasteiger partial charge is 0.481 e. The summed E-state index contributed by atoms with van der Waals surface area (Å²) >= 11 is 14.4. The number of hydrogen-bond acceptors (Lipinski definition) is 8. The van der Waals surface area contributed by atoms with Crippen LogP contribution in [0.15, 0.2) is 60.7 Å². The molecule has 6 heterocycles. The van der Waals surface area contributed by atoms with E-state index in [9.17, 15) is 0 Å². The van der Waals surface area contributed by atoms with Gasteiger partial charge in [-0.15, -0.1) is 0 Å². The molecule has 4 saturated heterocycles. The Hall–Kier alpha value is -3.24. The van der Waals surface area contributed by atoms with Gasteiger partial charge in [-0.1, -0.05) is 71.7 Å². The van der Waals surface area contributed by atoms with Crippen molar-refractivity contribution < 1.29 is 9.47 Å². The van der Waals surface area contributed by atoms with Gasteiger partial charge in [0, 0.05) is 72.6 Å². The molecule has 2 N–H and O–H groups in total. The number of aromatic nitrogens is 2. The first-order chi connectivity index (χ1) is 25.4. The van der Waals surface area contributed by atoms with Gasteiger partial charge in [0.25, 0.3) is 0 Å². The highest BCUT2D eigenvalue weighted by molar-refractivity contribution is 6.39. The molecule has 274 valence electrons. The topological polar surface area (TPSA) is 74.8 Å². The Bertz CT molecular complexity index is 1770. The molecular formula is C42H50Cl2N6O2. The van der Waals surface area contributed by atoms with Gasteiger partial charge in [0.15, 0.2) is 0 Å². The van der Waals surface area contributed by atoms with Crippen LogP contribution in [0.2, 0.25) is 10.0 Å². The smallest absolute Gasteiger partial charge is 0.218 e. The number of pyridine rings is 2. The molecule has 52 heavy (non-hydrogen) atoms. The van der Waals surface area contributed by atoms with Crippen LogP contribution in [0.1, 0.15) is 49.7 Å². The van der Waals surface area contributed by atoms with Gasteiger partial charge in [-0.25, -0.2) is 9.97 Å². The third kappa shape index (κ3) is 7.18. The molecular weight excluding hydrogens is 691 g/mol. The number of ether oxygens (including phenoxy) is 2. The number of halogens is 2. The van der Waals surface area contributed by atoms with Crippen LogP contribution < -0.4 is 20.1 Å². The van der Waals surface area contributed by atoms with Gasteiger partial charge in [-0.3, -0.25) is 9.80 Å². The summed E-state index contributed by atoms with van der Waals surface area (Å²) in [6.45, 7) is 10.6. The van der Waals surface area contributed by atoms with Gasteiger partial charge >= 0.3 is 0 Å². The van der Waals surface area contributed by atoms with Crippen molar-refractivity contribution in [1.82, 2.24) is 30.4 Å². The molecule has 2 aromatic carbocycles. The molecule has 4 aliphatic rings. The fourth-order valence-electron chi connectivity index (χ4n) is 9.37. The summed E-state index contributed by atoms with van der Waals surface area (Å²) in [6, 6.07) is 20.4. The van der Waals surface area contributed by atoms with Crippen molar-refractivity contribution in [3.05, 3.63) is 81.8 Å². The van der Waals surface area contributed by atoms with Gasteiger partial charge in [-0.2, -0.15) is 0 Å². The average Bonchev–Trinajstić information content (AvgIpc) is 3.81. The molecule has 10 heteroatoms. The second-order valence-electron chi connectivity index (χ2n) is 15.5. The quantitative estimate of drug-likeness (QED) is 0.179. The molecule has 2 spiro atoms. The molecule has 2 unspecified atom stereocenters. The number of methoxy groups -OCH3 is 2. The molecule has 4 aromatic rings. The maximum Gasteiger partial charge on any atom is 0.218 e. The van der Waals surface area contributed by atoms with E-state index in [4.69, 9.17) is 42.6 Å². The van der Waals surface area contributed by atoms with Crippen molar-refractivity contribution >= 4 is 23.2 Å². The summed E-state index contributed by atoms with van der Waals surface area (Å²) in [4.78, 5) is 15.1. The van der Waals surface area contributed by atoms with Gasteiger partial charge in [0.1, 0.15) is 0 Å². The maximum atomic E-state index is 7.22. The summed E-state index contributed by atoms with van der Waals surface area (Å²) in [5, 5.41) is 8.35. The lowest BCUT2D eigenvalue weighted by atomic mass is 9.79. The van der Waals surface area contributed by atoms with Crippen molar-refractivity contribution in [3.8, 4) is 45.4 Å².